The Labute approximate surface area is 123 Å². The minimum Gasteiger partial charge on any atom is -0.478 e. The highest BCUT2D eigenvalue weighted by molar-refractivity contribution is 5.93. The number of nitrogens with zero attached hydrogens (tertiary/aromatic N) is 1. The number of benzene rings is 1. The Kier molecular flexibility index (Phi) is 3.79. The molecule has 2 amide bonds. The minimum atomic E-state index is -1.00. The summed E-state index contributed by atoms with van der Waals surface area (Å²) >= 11 is 0. The fourth-order valence-corrected chi connectivity index (χ4v) is 2.76. The van der Waals surface area contributed by atoms with E-state index in [1.165, 1.54) is 25.0 Å². The third-order valence-corrected chi connectivity index (χ3v) is 3.99. The number of carboxylic acids is 1. The van der Waals surface area contributed by atoms with E-state index in [-0.39, 0.29) is 17.6 Å². The first-order valence-corrected chi connectivity index (χ1v) is 7.27. The van der Waals surface area contributed by atoms with E-state index in [0.29, 0.717) is 5.69 Å². The van der Waals surface area contributed by atoms with E-state index >= 15 is 0 Å². The van der Waals surface area contributed by atoms with Gasteiger partial charge in [-0.15, -0.1) is 0 Å². The van der Waals surface area contributed by atoms with Gasteiger partial charge in [-0.2, -0.15) is 0 Å². The number of aromatic carboxylic acids is 1. The van der Waals surface area contributed by atoms with Crippen molar-refractivity contribution in [2.24, 2.45) is 0 Å². The molecule has 6 nitrogen and oxygen atoms in total. The van der Waals surface area contributed by atoms with Gasteiger partial charge in [0.1, 0.15) is 0 Å². The van der Waals surface area contributed by atoms with Crippen LogP contribution in [-0.4, -0.2) is 47.2 Å². The Balaban J connectivity index is 1.52. The molecule has 2 aliphatic rings. The zero-order valence-electron chi connectivity index (χ0n) is 11.7. The second-order valence-corrected chi connectivity index (χ2v) is 5.70. The molecule has 1 aliphatic carbocycles. The SMILES string of the molecule is O=C(Nc1cccc(C(=O)O)c1)NC1CCN(C2CC2)C1. The number of nitrogens with one attached hydrogen (secondary N) is 2. The molecule has 1 heterocycles. The van der Waals surface area contributed by atoms with Gasteiger partial charge < -0.3 is 15.7 Å². The second-order valence-electron chi connectivity index (χ2n) is 5.70. The van der Waals surface area contributed by atoms with Crippen LogP contribution in [-0.2, 0) is 0 Å². The molecule has 1 atom stereocenters. The molecular formula is C15H19N3O3. The standard InChI is InChI=1S/C15H19N3O3/c19-14(20)10-2-1-3-11(8-10)16-15(21)17-12-6-7-18(9-12)13-4-5-13/h1-3,8,12-13H,4-7,9H2,(H,19,20)(H2,16,17,21). The van der Waals surface area contributed by atoms with Gasteiger partial charge in [-0.05, 0) is 37.5 Å². The van der Waals surface area contributed by atoms with Crippen molar-refractivity contribution in [1.29, 1.82) is 0 Å². The smallest absolute Gasteiger partial charge is 0.335 e. The first-order chi connectivity index (χ1) is 10.1. The van der Waals surface area contributed by atoms with Gasteiger partial charge in [0.25, 0.3) is 0 Å². The second kappa shape index (κ2) is 5.73. The Bertz CT molecular complexity index is 557. The topological polar surface area (TPSA) is 81.7 Å². The van der Waals surface area contributed by atoms with Gasteiger partial charge in [0.05, 0.1) is 5.56 Å². The van der Waals surface area contributed by atoms with E-state index < -0.39 is 5.97 Å². The van der Waals surface area contributed by atoms with Crippen LogP contribution in [0.1, 0.15) is 29.6 Å². The van der Waals surface area contributed by atoms with E-state index in [1.54, 1.807) is 12.1 Å². The van der Waals surface area contributed by atoms with Gasteiger partial charge in [0, 0.05) is 30.9 Å². The number of likely N-dealkylation sites (tertiary alicyclic amines) is 1. The molecule has 3 N–H and O–H groups in total. The number of carboxylic acid groups (broad SMARTS) is 1. The van der Waals surface area contributed by atoms with Crippen LogP contribution in [0.15, 0.2) is 24.3 Å². The van der Waals surface area contributed by atoms with Crippen molar-refractivity contribution < 1.29 is 14.7 Å². The molecule has 1 saturated carbocycles. The Hall–Kier alpha value is -2.08. The van der Waals surface area contributed by atoms with Crippen LogP contribution in [0.5, 0.6) is 0 Å². The summed E-state index contributed by atoms with van der Waals surface area (Å²) in [6, 6.07) is 6.87. The summed E-state index contributed by atoms with van der Waals surface area (Å²) in [5.41, 5.74) is 0.651. The zero-order valence-corrected chi connectivity index (χ0v) is 11.7. The summed E-state index contributed by atoms with van der Waals surface area (Å²) in [7, 11) is 0. The fourth-order valence-electron chi connectivity index (χ4n) is 2.76. The van der Waals surface area contributed by atoms with Crippen molar-refractivity contribution in [2.75, 3.05) is 18.4 Å². The molecular weight excluding hydrogens is 270 g/mol. The predicted molar refractivity (Wildman–Crippen MR) is 78.6 cm³/mol. The maximum Gasteiger partial charge on any atom is 0.335 e. The van der Waals surface area contributed by atoms with Gasteiger partial charge in [-0.3, -0.25) is 4.90 Å². The third kappa shape index (κ3) is 3.52. The van der Waals surface area contributed by atoms with Crippen molar-refractivity contribution >= 4 is 17.7 Å². The van der Waals surface area contributed by atoms with E-state index in [2.05, 4.69) is 15.5 Å². The van der Waals surface area contributed by atoms with Crippen molar-refractivity contribution in [1.82, 2.24) is 10.2 Å². The first kappa shape index (κ1) is 13.9. The number of anilines is 1. The van der Waals surface area contributed by atoms with Crippen LogP contribution < -0.4 is 10.6 Å². The van der Waals surface area contributed by atoms with Gasteiger partial charge in [-0.25, -0.2) is 9.59 Å². The molecule has 1 aromatic rings. The third-order valence-electron chi connectivity index (χ3n) is 3.99. The minimum absolute atomic E-state index is 0.161. The molecule has 0 radical (unpaired) electrons. The highest BCUT2D eigenvalue weighted by Gasteiger charge is 2.34. The Morgan fingerprint density at radius 3 is 2.76 bits per heavy atom. The zero-order chi connectivity index (χ0) is 14.8. The molecule has 6 heteroatoms. The highest BCUT2D eigenvalue weighted by atomic mass is 16.4. The van der Waals surface area contributed by atoms with Crippen LogP contribution in [0.2, 0.25) is 0 Å². The highest BCUT2D eigenvalue weighted by Crippen LogP contribution is 2.29. The quantitative estimate of drug-likeness (QED) is 0.788. The molecule has 112 valence electrons. The average Bonchev–Trinajstić information content (AvgIpc) is 3.20. The van der Waals surface area contributed by atoms with Crippen LogP contribution in [0.4, 0.5) is 10.5 Å². The molecule has 3 rings (SSSR count). The van der Waals surface area contributed by atoms with Gasteiger partial charge in [0.2, 0.25) is 0 Å². The van der Waals surface area contributed by atoms with Crippen molar-refractivity contribution in [2.45, 2.75) is 31.3 Å². The number of urea groups is 1. The summed E-state index contributed by atoms with van der Waals surface area (Å²) in [5.74, 6) is -1.00. The number of hydrogen-bond acceptors (Lipinski definition) is 3. The van der Waals surface area contributed by atoms with Crippen LogP contribution >= 0.6 is 0 Å². The fraction of sp³-hybridized carbons (Fsp3) is 0.467. The predicted octanol–water partition coefficient (Wildman–Crippen LogP) is 1.74. The van der Waals surface area contributed by atoms with Crippen LogP contribution in [0.3, 0.4) is 0 Å². The maximum atomic E-state index is 12.0. The summed E-state index contributed by atoms with van der Waals surface area (Å²) in [6.45, 7) is 1.96. The molecule has 1 aromatic carbocycles. The Morgan fingerprint density at radius 2 is 2.05 bits per heavy atom. The number of hydrogen-bond donors (Lipinski definition) is 3. The van der Waals surface area contributed by atoms with Crippen molar-refractivity contribution in [3.8, 4) is 0 Å². The lowest BCUT2D eigenvalue weighted by Crippen LogP contribution is -2.40. The normalized spacial score (nSPS) is 22.0. The van der Waals surface area contributed by atoms with Crippen molar-refractivity contribution in [3.05, 3.63) is 29.8 Å². The Morgan fingerprint density at radius 1 is 1.24 bits per heavy atom. The molecule has 1 unspecified atom stereocenters. The van der Waals surface area contributed by atoms with Gasteiger partial charge >= 0.3 is 12.0 Å². The van der Waals surface area contributed by atoms with Gasteiger partial charge in [0.15, 0.2) is 0 Å². The lowest BCUT2D eigenvalue weighted by Gasteiger charge is -2.16. The molecule has 0 aromatic heterocycles. The summed E-state index contributed by atoms with van der Waals surface area (Å²) in [4.78, 5) is 25.3. The number of rotatable bonds is 4. The largest absolute Gasteiger partial charge is 0.478 e. The van der Waals surface area contributed by atoms with Gasteiger partial charge in [-0.1, -0.05) is 6.07 Å². The maximum absolute atomic E-state index is 12.0. The van der Waals surface area contributed by atoms with E-state index in [4.69, 9.17) is 5.11 Å². The molecule has 1 aliphatic heterocycles. The lowest BCUT2D eigenvalue weighted by atomic mass is 10.2. The number of carbonyl (C=O) groups excluding carboxylic acids is 1. The monoisotopic (exact) mass is 289 g/mol. The molecule has 21 heavy (non-hydrogen) atoms. The molecule has 0 spiro atoms. The molecule has 2 fully saturated rings. The van der Waals surface area contributed by atoms with E-state index in [0.717, 1.165) is 25.6 Å². The summed E-state index contributed by atoms with van der Waals surface area (Å²) in [6.07, 6.45) is 3.53. The first-order valence-electron chi connectivity index (χ1n) is 7.27. The van der Waals surface area contributed by atoms with E-state index in [9.17, 15) is 9.59 Å². The number of carbonyl (C=O) groups is 2. The summed E-state index contributed by atoms with van der Waals surface area (Å²) < 4.78 is 0. The molecule has 1 saturated heterocycles. The van der Waals surface area contributed by atoms with E-state index in [1.807, 2.05) is 0 Å². The van der Waals surface area contributed by atoms with Crippen LogP contribution in [0.25, 0.3) is 0 Å². The summed E-state index contributed by atoms with van der Waals surface area (Å²) in [5, 5.41) is 14.6. The van der Waals surface area contributed by atoms with Crippen LogP contribution in [0, 0.1) is 0 Å². The average molecular weight is 289 g/mol. The molecule has 0 bridgehead atoms. The lowest BCUT2D eigenvalue weighted by molar-refractivity contribution is 0.0697. The number of amides is 2. The van der Waals surface area contributed by atoms with Crippen molar-refractivity contribution in [3.63, 3.8) is 0 Å².